The number of rotatable bonds is 4. The summed E-state index contributed by atoms with van der Waals surface area (Å²) in [6.45, 7) is 0.924. The summed E-state index contributed by atoms with van der Waals surface area (Å²) in [7, 11) is -3.19. The number of aromatic amines is 1. The summed E-state index contributed by atoms with van der Waals surface area (Å²) in [5, 5.41) is 4.93. The molecule has 0 fully saturated rings. The summed E-state index contributed by atoms with van der Waals surface area (Å²) < 4.78 is 24.9. The first-order valence-electron chi connectivity index (χ1n) is 6.77. The molecule has 1 aliphatic heterocycles. The lowest BCUT2D eigenvalue weighted by Crippen LogP contribution is -2.28. The molecule has 22 heavy (non-hydrogen) atoms. The second-order valence-corrected chi connectivity index (χ2v) is 7.56. The Kier molecular flexibility index (Phi) is 3.99. The summed E-state index contributed by atoms with van der Waals surface area (Å²) in [4.78, 5) is 3.32. The molecule has 5 nitrogen and oxygen atoms in total. The van der Waals surface area contributed by atoms with Gasteiger partial charge in [-0.3, -0.25) is 0 Å². The van der Waals surface area contributed by atoms with Crippen LogP contribution < -0.4 is 10.0 Å². The molecule has 0 amide bonds. The number of dihydropyridines is 1. The molecule has 0 spiro atoms. The van der Waals surface area contributed by atoms with Gasteiger partial charge < -0.3 is 10.3 Å². The second kappa shape index (κ2) is 5.79. The maximum absolute atomic E-state index is 11.2. The van der Waals surface area contributed by atoms with E-state index >= 15 is 0 Å². The molecule has 0 aliphatic carbocycles. The van der Waals surface area contributed by atoms with Crippen molar-refractivity contribution in [2.45, 2.75) is 0 Å². The van der Waals surface area contributed by atoms with Gasteiger partial charge in [-0.05, 0) is 29.8 Å². The molecular weight excluding hydrogens is 322 g/mol. The van der Waals surface area contributed by atoms with Crippen LogP contribution in [0.3, 0.4) is 0 Å². The van der Waals surface area contributed by atoms with E-state index < -0.39 is 10.0 Å². The van der Waals surface area contributed by atoms with Gasteiger partial charge in [0.25, 0.3) is 0 Å². The number of hydrogen-bond acceptors (Lipinski definition) is 3. The highest BCUT2D eigenvalue weighted by Crippen LogP contribution is 2.25. The molecule has 1 aromatic heterocycles. The van der Waals surface area contributed by atoms with Gasteiger partial charge in [-0.2, -0.15) is 0 Å². The number of halogens is 1. The van der Waals surface area contributed by atoms with Gasteiger partial charge >= 0.3 is 0 Å². The molecule has 3 rings (SSSR count). The fourth-order valence-electron chi connectivity index (χ4n) is 2.35. The van der Waals surface area contributed by atoms with E-state index in [0.717, 1.165) is 34.0 Å². The molecule has 2 heterocycles. The number of nitrogens with one attached hydrogen (secondary N) is 3. The van der Waals surface area contributed by atoms with E-state index in [-0.39, 0.29) is 0 Å². The molecular formula is C15H16ClN3O2S. The van der Waals surface area contributed by atoms with Gasteiger partial charge in [0.05, 0.1) is 6.26 Å². The van der Waals surface area contributed by atoms with Crippen LogP contribution in [0.2, 0.25) is 5.02 Å². The lowest BCUT2D eigenvalue weighted by molar-refractivity contribution is 0.590. The number of sulfonamides is 1. The Morgan fingerprint density at radius 3 is 2.91 bits per heavy atom. The van der Waals surface area contributed by atoms with E-state index in [9.17, 15) is 8.42 Å². The SMILES string of the molecule is CS(=O)(=O)NCC1=CC(c2cc3ccc(Cl)cc3[nH]2)=CNC1. The normalized spacial score (nSPS) is 15.4. The molecule has 2 aromatic rings. The van der Waals surface area contributed by atoms with E-state index in [1.165, 1.54) is 0 Å². The van der Waals surface area contributed by atoms with Crippen LogP contribution in [-0.4, -0.2) is 32.7 Å². The van der Waals surface area contributed by atoms with Gasteiger partial charge in [-0.25, -0.2) is 13.1 Å². The van der Waals surface area contributed by atoms with Crippen molar-refractivity contribution >= 4 is 38.1 Å². The zero-order valence-corrected chi connectivity index (χ0v) is 13.6. The van der Waals surface area contributed by atoms with Crippen LogP contribution in [0, 0.1) is 0 Å². The van der Waals surface area contributed by atoms with E-state index in [1.807, 2.05) is 36.5 Å². The van der Waals surface area contributed by atoms with Gasteiger partial charge in [-0.15, -0.1) is 0 Å². The summed E-state index contributed by atoms with van der Waals surface area (Å²) in [5.41, 5.74) is 3.88. The van der Waals surface area contributed by atoms with Crippen LogP contribution in [0.1, 0.15) is 5.69 Å². The predicted octanol–water partition coefficient (Wildman–Crippen LogP) is 2.24. The highest BCUT2D eigenvalue weighted by atomic mass is 35.5. The third-order valence-corrected chi connectivity index (χ3v) is 4.31. The monoisotopic (exact) mass is 337 g/mol. The molecule has 0 radical (unpaired) electrons. The number of fused-ring (bicyclic) bond motifs is 1. The smallest absolute Gasteiger partial charge is 0.208 e. The Labute approximate surface area is 134 Å². The summed E-state index contributed by atoms with van der Waals surface area (Å²) in [6.07, 6.45) is 5.05. The first-order chi connectivity index (χ1) is 10.4. The Bertz CT molecular complexity index is 881. The molecule has 7 heteroatoms. The third kappa shape index (κ3) is 3.52. The van der Waals surface area contributed by atoms with Crippen LogP contribution in [0.5, 0.6) is 0 Å². The van der Waals surface area contributed by atoms with Crippen LogP contribution in [0.15, 0.2) is 42.1 Å². The average Bonchev–Trinajstić information content (AvgIpc) is 2.88. The zero-order chi connectivity index (χ0) is 15.7. The van der Waals surface area contributed by atoms with Gasteiger partial charge in [0.1, 0.15) is 0 Å². The number of benzene rings is 1. The Morgan fingerprint density at radius 1 is 1.32 bits per heavy atom. The standard InChI is InChI=1S/C15H16ClN3O2S/c1-22(20,21)18-8-10-4-12(9-17-7-10)14-5-11-2-3-13(16)6-15(11)19-14/h2-6,9,17-19H,7-8H2,1H3. The molecule has 3 N–H and O–H groups in total. The van der Waals surface area contributed by atoms with Crippen LogP contribution >= 0.6 is 11.6 Å². The Morgan fingerprint density at radius 2 is 2.14 bits per heavy atom. The summed E-state index contributed by atoms with van der Waals surface area (Å²) >= 11 is 6.00. The quantitative estimate of drug-likeness (QED) is 0.801. The van der Waals surface area contributed by atoms with Crippen LogP contribution in [0.4, 0.5) is 0 Å². The van der Waals surface area contributed by atoms with Gasteiger partial charge in [0.2, 0.25) is 10.0 Å². The fourth-order valence-corrected chi connectivity index (χ4v) is 2.97. The average molecular weight is 338 g/mol. The van der Waals surface area contributed by atoms with E-state index in [4.69, 9.17) is 11.6 Å². The predicted molar refractivity (Wildman–Crippen MR) is 90.2 cm³/mol. The molecule has 0 saturated heterocycles. The van der Waals surface area contributed by atoms with Crippen LogP contribution in [0.25, 0.3) is 16.5 Å². The number of hydrogen-bond donors (Lipinski definition) is 3. The zero-order valence-electron chi connectivity index (χ0n) is 12.0. The first kappa shape index (κ1) is 15.1. The van der Waals surface area contributed by atoms with Crippen molar-refractivity contribution in [3.8, 4) is 0 Å². The minimum absolute atomic E-state index is 0.301. The van der Waals surface area contributed by atoms with Crippen molar-refractivity contribution in [2.24, 2.45) is 0 Å². The molecule has 116 valence electrons. The third-order valence-electron chi connectivity index (χ3n) is 3.40. The summed E-state index contributed by atoms with van der Waals surface area (Å²) in [5.74, 6) is 0. The van der Waals surface area contributed by atoms with Crippen molar-refractivity contribution < 1.29 is 8.42 Å². The van der Waals surface area contributed by atoms with Crippen molar-refractivity contribution in [1.82, 2.24) is 15.0 Å². The second-order valence-electron chi connectivity index (χ2n) is 5.29. The number of allylic oxidation sites excluding steroid dienone is 2. The van der Waals surface area contributed by atoms with Crippen LogP contribution in [-0.2, 0) is 10.0 Å². The highest BCUT2D eigenvalue weighted by molar-refractivity contribution is 7.88. The molecule has 0 bridgehead atoms. The summed E-state index contributed by atoms with van der Waals surface area (Å²) in [6, 6.07) is 7.74. The molecule has 0 saturated carbocycles. The van der Waals surface area contributed by atoms with Crippen molar-refractivity contribution in [3.63, 3.8) is 0 Å². The fraction of sp³-hybridized carbons (Fsp3) is 0.200. The van der Waals surface area contributed by atoms with Gasteiger partial charge in [0, 0.05) is 46.5 Å². The van der Waals surface area contributed by atoms with Crippen molar-refractivity contribution in [1.29, 1.82) is 0 Å². The largest absolute Gasteiger partial charge is 0.387 e. The van der Waals surface area contributed by atoms with E-state index in [1.54, 1.807) is 0 Å². The maximum atomic E-state index is 11.2. The van der Waals surface area contributed by atoms with Gasteiger partial charge in [0.15, 0.2) is 0 Å². The Hall–Kier alpha value is -1.76. The van der Waals surface area contributed by atoms with Gasteiger partial charge in [-0.1, -0.05) is 17.7 Å². The minimum atomic E-state index is -3.19. The Balaban J connectivity index is 1.86. The molecule has 0 atom stereocenters. The van der Waals surface area contributed by atoms with E-state index in [2.05, 4.69) is 15.0 Å². The topological polar surface area (TPSA) is 74.0 Å². The number of H-pyrrole nitrogens is 1. The molecule has 1 aliphatic rings. The highest BCUT2D eigenvalue weighted by Gasteiger charge is 2.11. The lowest BCUT2D eigenvalue weighted by atomic mass is 10.1. The lowest BCUT2D eigenvalue weighted by Gasteiger charge is -2.15. The minimum Gasteiger partial charge on any atom is -0.387 e. The van der Waals surface area contributed by atoms with E-state index in [0.29, 0.717) is 18.1 Å². The molecule has 1 aromatic carbocycles. The van der Waals surface area contributed by atoms with Crippen molar-refractivity contribution in [3.05, 3.63) is 52.8 Å². The van der Waals surface area contributed by atoms with Crippen molar-refractivity contribution in [2.75, 3.05) is 19.3 Å². The number of aromatic nitrogens is 1. The maximum Gasteiger partial charge on any atom is 0.208 e. The molecule has 0 unspecified atom stereocenters. The first-order valence-corrected chi connectivity index (χ1v) is 9.04.